The number of fused-ring (bicyclic) bond motifs is 2. The zero-order valence-corrected chi connectivity index (χ0v) is 15.6. The molecular weight excluding hydrogens is 328 g/mol. The monoisotopic (exact) mass is 356 g/mol. The average molecular weight is 356 g/mol. The highest BCUT2D eigenvalue weighted by molar-refractivity contribution is 5.91. The van der Waals surface area contributed by atoms with Gasteiger partial charge in [0.25, 0.3) is 0 Å². The largest absolute Gasteiger partial charge is 0.480 e. The van der Waals surface area contributed by atoms with Crippen LogP contribution in [0.3, 0.4) is 0 Å². The van der Waals surface area contributed by atoms with E-state index in [2.05, 4.69) is 26.1 Å². The molecule has 0 saturated heterocycles. The average Bonchev–Trinajstić information content (AvgIpc) is 2.73. The Bertz CT molecular complexity index is 682. The van der Waals surface area contributed by atoms with Gasteiger partial charge in [-0.2, -0.15) is 0 Å². The molecule has 2 aliphatic carbocycles. The SMILES string of the molecule is CC(C)(C)CC[C@H](NC1=NC2C=CC=CC2OC2C=CC=CC12)C(=O)O. The molecule has 0 bridgehead atoms. The van der Waals surface area contributed by atoms with Gasteiger partial charge in [0.15, 0.2) is 0 Å². The Morgan fingerprint density at radius 2 is 1.81 bits per heavy atom. The number of aliphatic imine (C=N–C) groups is 1. The van der Waals surface area contributed by atoms with E-state index in [1.807, 2.05) is 48.6 Å². The van der Waals surface area contributed by atoms with Crippen LogP contribution in [0.4, 0.5) is 0 Å². The molecule has 0 saturated carbocycles. The molecule has 5 nitrogen and oxygen atoms in total. The van der Waals surface area contributed by atoms with Crippen molar-refractivity contribution < 1.29 is 14.6 Å². The van der Waals surface area contributed by atoms with E-state index in [1.54, 1.807) is 0 Å². The highest BCUT2D eigenvalue weighted by Gasteiger charge is 2.35. The minimum atomic E-state index is -0.843. The number of hydrogen-bond donors (Lipinski definition) is 2. The molecule has 5 heteroatoms. The third-order valence-electron chi connectivity index (χ3n) is 4.86. The zero-order chi connectivity index (χ0) is 18.7. The first-order valence-corrected chi connectivity index (χ1v) is 9.26. The highest BCUT2D eigenvalue weighted by Crippen LogP contribution is 2.28. The third kappa shape index (κ3) is 4.52. The molecule has 0 fully saturated rings. The zero-order valence-electron chi connectivity index (χ0n) is 15.6. The molecule has 4 unspecified atom stereocenters. The van der Waals surface area contributed by atoms with Crippen molar-refractivity contribution in [2.45, 2.75) is 57.9 Å². The molecule has 2 N–H and O–H groups in total. The number of carboxylic acid groups (broad SMARTS) is 1. The Morgan fingerprint density at radius 1 is 1.15 bits per heavy atom. The number of rotatable bonds is 4. The minimum absolute atomic E-state index is 0.0851. The Labute approximate surface area is 155 Å². The normalized spacial score (nSPS) is 30.8. The van der Waals surface area contributed by atoms with Crippen molar-refractivity contribution in [2.75, 3.05) is 0 Å². The van der Waals surface area contributed by atoms with Crippen LogP contribution in [0.2, 0.25) is 0 Å². The van der Waals surface area contributed by atoms with Gasteiger partial charge in [0.1, 0.15) is 24.0 Å². The Hall–Kier alpha value is -2.14. The van der Waals surface area contributed by atoms with Gasteiger partial charge in [0, 0.05) is 0 Å². The predicted molar refractivity (Wildman–Crippen MR) is 103 cm³/mol. The molecule has 1 aliphatic heterocycles. The lowest BCUT2D eigenvalue weighted by Crippen LogP contribution is -2.46. The summed E-state index contributed by atoms with van der Waals surface area (Å²) in [6.45, 7) is 6.37. The smallest absolute Gasteiger partial charge is 0.326 e. The summed E-state index contributed by atoms with van der Waals surface area (Å²) in [5.41, 5.74) is 0.0851. The number of nitrogens with zero attached hydrogens (tertiary/aromatic N) is 1. The quantitative estimate of drug-likeness (QED) is 0.811. The standard InChI is InChI=1S/C21H28N2O3/c1-21(2,3)13-12-16(20(24)25)23-19-14-8-4-6-10-17(14)26-18-11-7-5-9-15(18)22-19/h4-11,14-18H,12-13H2,1-3H3,(H,22,23)(H,24,25)/t14?,15?,16-,17?,18?/m0/s1. The number of aliphatic carboxylic acids is 1. The molecule has 0 aromatic carbocycles. The van der Waals surface area contributed by atoms with Crippen LogP contribution in [0, 0.1) is 11.3 Å². The van der Waals surface area contributed by atoms with E-state index in [4.69, 9.17) is 9.73 Å². The summed E-state index contributed by atoms with van der Waals surface area (Å²) in [5, 5.41) is 12.9. The van der Waals surface area contributed by atoms with E-state index in [0.717, 1.165) is 6.42 Å². The molecule has 1 heterocycles. The van der Waals surface area contributed by atoms with Gasteiger partial charge in [-0.3, -0.25) is 4.99 Å². The number of hydrogen-bond acceptors (Lipinski definition) is 4. The minimum Gasteiger partial charge on any atom is -0.480 e. The fourth-order valence-corrected chi connectivity index (χ4v) is 3.36. The topological polar surface area (TPSA) is 70.9 Å². The van der Waals surface area contributed by atoms with Crippen molar-refractivity contribution >= 4 is 11.8 Å². The highest BCUT2D eigenvalue weighted by atomic mass is 16.5. The summed E-state index contributed by atoms with van der Waals surface area (Å²) in [4.78, 5) is 16.7. The number of amidine groups is 1. The van der Waals surface area contributed by atoms with Crippen molar-refractivity contribution in [3.8, 4) is 0 Å². The summed E-state index contributed by atoms with van der Waals surface area (Å²) < 4.78 is 6.23. The number of nitrogens with one attached hydrogen (secondary N) is 1. The van der Waals surface area contributed by atoms with E-state index < -0.39 is 12.0 Å². The maximum absolute atomic E-state index is 11.8. The molecule has 3 aliphatic rings. The van der Waals surface area contributed by atoms with Crippen LogP contribution in [0.25, 0.3) is 0 Å². The van der Waals surface area contributed by atoms with Gasteiger partial charge in [-0.25, -0.2) is 4.79 Å². The predicted octanol–water partition coefficient (Wildman–Crippen LogP) is 3.26. The van der Waals surface area contributed by atoms with Crippen LogP contribution in [0.15, 0.2) is 53.6 Å². The molecule has 140 valence electrons. The Balaban J connectivity index is 1.84. The van der Waals surface area contributed by atoms with Gasteiger partial charge >= 0.3 is 5.97 Å². The Kier molecular flexibility index (Phi) is 5.47. The van der Waals surface area contributed by atoms with Crippen LogP contribution in [0.5, 0.6) is 0 Å². The van der Waals surface area contributed by atoms with Crippen LogP contribution >= 0.6 is 0 Å². The first kappa shape index (κ1) is 18.6. The van der Waals surface area contributed by atoms with Crippen molar-refractivity contribution in [2.24, 2.45) is 16.3 Å². The lowest BCUT2D eigenvalue weighted by Gasteiger charge is -2.28. The van der Waals surface area contributed by atoms with E-state index >= 15 is 0 Å². The summed E-state index contributed by atoms with van der Waals surface area (Å²) in [6, 6.07) is -0.792. The maximum Gasteiger partial charge on any atom is 0.326 e. The number of carbonyl (C=O) groups is 1. The molecule has 0 amide bonds. The van der Waals surface area contributed by atoms with E-state index in [0.29, 0.717) is 12.3 Å². The maximum atomic E-state index is 11.8. The van der Waals surface area contributed by atoms with Crippen LogP contribution in [-0.4, -0.2) is 41.2 Å². The lowest BCUT2D eigenvalue weighted by molar-refractivity contribution is -0.139. The van der Waals surface area contributed by atoms with Crippen molar-refractivity contribution in [3.63, 3.8) is 0 Å². The van der Waals surface area contributed by atoms with E-state index in [9.17, 15) is 9.90 Å². The molecule has 26 heavy (non-hydrogen) atoms. The van der Waals surface area contributed by atoms with Gasteiger partial charge in [-0.1, -0.05) is 69.4 Å². The first-order chi connectivity index (χ1) is 12.3. The van der Waals surface area contributed by atoms with Crippen LogP contribution in [-0.2, 0) is 9.53 Å². The van der Waals surface area contributed by atoms with Crippen LogP contribution in [0.1, 0.15) is 33.6 Å². The third-order valence-corrected chi connectivity index (χ3v) is 4.86. The summed E-state index contributed by atoms with van der Waals surface area (Å²) in [7, 11) is 0. The molecule has 0 spiro atoms. The lowest BCUT2D eigenvalue weighted by atomic mass is 9.88. The molecule has 0 aromatic heterocycles. The number of ether oxygens (including phenoxy) is 1. The second kappa shape index (κ2) is 7.62. The van der Waals surface area contributed by atoms with E-state index in [1.165, 1.54) is 0 Å². The van der Waals surface area contributed by atoms with Gasteiger partial charge in [0.05, 0.1) is 12.0 Å². The van der Waals surface area contributed by atoms with Gasteiger partial charge in [0.2, 0.25) is 0 Å². The molecule has 0 radical (unpaired) electrons. The molecule has 3 rings (SSSR count). The van der Waals surface area contributed by atoms with Gasteiger partial charge < -0.3 is 15.2 Å². The fourth-order valence-electron chi connectivity index (χ4n) is 3.36. The van der Waals surface area contributed by atoms with Crippen molar-refractivity contribution in [3.05, 3.63) is 48.6 Å². The first-order valence-electron chi connectivity index (χ1n) is 9.26. The van der Waals surface area contributed by atoms with E-state index in [-0.39, 0.29) is 29.6 Å². The Morgan fingerprint density at radius 3 is 2.50 bits per heavy atom. The number of carboxylic acids is 1. The second-order valence-corrected chi connectivity index (χ2v) is 8.27. The second-order valence-electron chi connectivity index (χ2n) is 8.27. The summed E-state index contributed by atoms with van der Waals surface area (Å²) >= 11 is 0. The fraction of sp³-hybridized carbons (Fsp3) is 0.524. The van der Waals surface area contributed by atoms with Gasteiger partial charge in [-0.05, 0) is 18.3 Å². The van der Waals surface area contributed by atoms with Gasteiger partial charge in [-0.15, -0.1) is 0 Å². The van der Waals surface area contributed by atoms with Crippen molar-refractivity contribution in [1.82, 2.24) is 5.32 Å². The molecule has 5 atom stereocenters. The summed E-state index contributed by atoms with van der Waals surface area (Å²) in [6.07, 6.45) is 17.0. The number of allylic oxidation sites excluding steroid dienone is 4. The molecular formula is C21H28N2O3. The molecule has 0 aromatic rings. The van der Waals surface area contributed by atoms with Crippen molar-refractivity contribution in [1.29, 1.82) is 0 Å². The van der Waals surface area contributed by atoms with Crippen LogP contribution < -0.4 is 5.32 Å². The summed E-state index contributed by atoms with van der Waals surface area (Å²) in [5.74, 6) is -0.238.